The molecule has 0 radical (unpaired) electrons. The quantitative estimate of drug-likeness (QED) is 0.782. The van der Waals surface area contributed by atoms with Crippen LogP contribution < -0.4 is 0 Å². The number of esters is 1. The number of halogens is 1. The van der Waals surface area contributed by atoms with Crippen LogP contribution in [0.25, 0.3) is 0 Å². The fourth-order valence-corrected chi connectivity index (χ4v) is 2.34. The van der Waals surface area contributed by atoms with Crippen molar-refractivity contribution in [1.82, 2.24) is 4.90 Å². The third kappa shape index (κ3) is 3.10. The van der Waals surface area contributed by atoms with Gasteiger partial charge in [0.2, 0.25) is 5.91 Å². The van der Waals surface area contributed by atoms with E-state index in [4.69, 9.17) is 0 Å². The summed E-state index contributed by atoms with van der Waals surface area (Å²) in [5.41, 5.74) is 0.577. The van der Waals surface area contributed by atoms with E-state index < -0.39 is 5.97 Å². The van der Waals surface area contributed by atoms with E-state index in [1.165, 1.54) is 18.1 Å². The maximum Gasteiger partial charge on any atom is 0.325 e. The molecule has 1 fully saturated rings. The molecule has 1 heterocycles. The molecular weight excluding hydrogens is 249 g/mol. The fraction of sp³-hybridized carbons (Fsp3) is 0.429. The van der Waals surface area contributed by atoms with Gasteiger partial charge in [-0.1, -0.05) is 18.2 Å². The summed E-state index contributed by atoms with van der Waals surface area (Å²) in [4.78, 5) is 24.6. The summed E-state index contributed by atoms with van der Waals surface area (Å²) in [5.74, 6) is -0.952. The van der Waals surface area contributed by atoms with Gasteiger partial charge in [0.25, 0.3) is 0 Å². The van der Waals surface area contributed by atoms with Crippen LogP contribution in [-0.4, -0.2) is 37.0 Å². The number of amides is 1. The third-order valence-corrected chi connectivity index (χ3v) is 3.41. The van der Waals surface area contributed by atoms with E-state index in [0.717, 1.165) is 0 Å². The molecule has 1 aliphatic heterocycles. The zero-order valence-corrected chi connectivity index (χ0v) is 10.8. The van der Waals surface area contributed by atoms with Crippen molar-refractivity contribution < 1.29 is 18.7 Å². The van der Waals surface area contributed by atoms with Gasteiger partial charge in [-0.2, -0.15) is 0 Å². The Morgan fingerprint density at radius 3 is 2.84 bits per heavy atom. The van der Waals surface area contributed by atoms with E-state index in [1.54, 1.807) is 18.2 Å². The van der Waals surface area contributed by atoms with Crippen LogP contribution in [0.4, 0.5) is 4.39 Å². The number of likely N-dealkylation sites (tertiary alicyclic amines) is 1. The molecule has 0 bridgehead atoms. The van der Waals surface area contributed by atoms with Crippen LogP contribution in [0.2, 0.25) is 0 Å². The first-order chi connectivity index (χ1) is 9.11. The number of carbonyl (C=O) groups excluding carboxylic acids is 2. The highest BCUT2D eigenvalue weighted by Crippen LogP contribution is 2.30. The molecule has 0 aromatic heterocycles. The molecule has 1 atom stereocenters. The second-order valence-corrected chi connectivity index (χ2v) is 4.60. The van der Waals surface area contributed by atoms with Gasteiger partial charge in [0, 0.05) is 13.0 Å². The average molecular weight is 265 g/mol. The Bertz CT molecular complexity index is 489. The first kappa shape index (κ1) is 13.5. The SMILES string of the molecule is COC(=O)CN1CCC(c2ccccc2F)CC1=O. The van der Waals surface area contributed by atoms with Crippen molar-refractivity contribution >= 4 is 11.9 Å². The smallest absolute Gasteiger partial charge is 0.325 e. The van der Waals surface area contributed by atoms with Gasteiger partial charge in [-0.15, -0.1) is 0 Å². The highest BCUT2D eigenvalue weighted by atomic mass is 19.1. The van der Waals surface area contributed by atoms with Crippen molar-refractivity contribution in [2.45, 2.75) is 18.8 Å². The highest BCUT2D eigenvalue weighted by Gasteiger charge is 2.29. The van der Waals surface area contributed by atoms with Crippen LogP contribution in [0.1, 0.15) is 24.3 Å². The Balaban J connectivity index is 2.02. The Kier molecular flexibility index (Phi) is 4.14. The van der Waals surface area contributed by atoms with Crippen molar-refractivity contribution in [1.29, 1.82) is 0 Å². The Morgan fingerprint density at radius 2 is 2.21 bits per heavy atom. The van der Waals surface area contributed by atoms with E-state index in [2.05, 4.69) is 4.74 Å². The topological polar surface area (TPSA) is 46.6 Å². The molecule has 0 aliphatic carbocycles. The summed E-state index contributed by atoms with van der Waals surface area (Å²) >= 11 is 0. The van der Waals surface area contributed by atoms with E-state index in [0.29, 0.717) is 18.5 Å². The summed E-state index contributed by atoms with van der Waals surface area (Å²) in [5, 5.41) is 0. The lowest BCUT2D eigenvalue weighted by Gasteiger charge is -2.31. The van der Waals surface area contributed by atoms with Crippen molar-refractivity contribution in [2.24, 2.45) is 0 Å². The molecule has 1 aromatic rings. The largest absolute Gasteiger partial charge is 0.468 e. The van der Waals surface area contributed by atoms with Gasteiger partial charge < -0.3 is 9.64 Å². The van der Waals surface area contributed by atoms with E-state index in [9.17, 15) is 14.0 Å². The van der Waals surface area contributed by atoms with Crippen molar-refractivity contribution in [3.63, 3.8) is 0 Å². The van der Waals surface area contributed by atoms with Gasteiger partial charge in [-0.25, -0.2) is 4.39 Å². The standard InChI is InChI=1S/C14H16FNO3/c1-19-14(18)9-16-7-6-10(8-13(16)17)11-4-2-3-5-12(11)15/h2-5,10H,6-9H2,1H3. The minimum Gasteiger partial charge on any atom is -0.468 e. The molecule has 1 unspecified atom stereocenters. The van der Waals surface area contributed by atoms with Crippen LogP contribution in [-0.2, 0) is 14.3 Å². The van der Waals surface area contributed by atoms with Gasteiger partial charge >= 0.3 is 5.97 Å². The number of hydrogen-bond acceptors (Lipinski definition) is 3. The predicted molar refractivity (Wildman–Crippen MR) is 67.0 cm³/mol. The molecule has 19 heavy (non-hydrogen) atoms. The monoisotopic (exact) mass is 265 g/mol. The number of piperidine rings is 1. The second kappa shape index (κ2) is 5.82. The van der Waals surface area contributed by atoms with Gasteiger partial charge in [-0.3, -0.25) is 9.59 Å². The number of benzene rings is 1. The summed E-state index contributed by atoms with van der Waals surface area (Å²) < 4.78 is 18.2. The molecule has 0 saturated carbocycles. The third-order valence-electron chi connectivity index (χ3n) is 3.41. The number of hydrogen-bond donors (Lipinski definition) is 0. The van der Waals surface area contributed by atoms with Crippen LogP contribution >= 0.6 is 0 Å². The van der Waals surface area contributed by atoms with Crippen LogP contribution in [0.3, 0.4) is 0 Å². The van der Waals surface area contributed by atoms with E-state index in [-0.39, 0.29) is 30.6 Å². The molecule has 5 heteroatoms. The summed E-state index contributed by atoms with van der Waals surface area (Å²) in [6.07, 6.45) is 0.890. The molecule has 0 spiro atoms. The van der Waals surface area contributed by atoms with E-state index in [1.807, 2.05) is 0 Å². The zero-order chi connectivity index (χ0) is 13.8. The molecule has 1 aliphatic rings. The van der Waals surface area contributed by atoms with Crippen molar-refractivity contribution in [3.05, 3.63) is 35.6 Å². The van der Waals surface area contributed by atoms with Crippen LogP contribution in [0.15, 0.2) is 24.3 Å². The summed E-state index contributed by atoms with van der Waals surface area (Å²) in [7, 11) is 1.29. The number of ether oxygens (including phenoxy) is 1. The lowest BCUT2D eigenvalue weighted by atomic mass is 9.88. The Labute approximate surface area is 111 Å². The Hall–Kier alpha value is -1.91. The summed E-state index contributed by atoms with van der Waals surface area (Å²) in [6.45, 7) is 0.423. The molecule has 1 amide bonds. The normalized spacial score (nSPS) is 19.4. The predicted octanol–water partition coefficient (Wildman–Crippen LogP) is 1.70. The first-order valence-corrected chi connectivity index (χ1v) is 6.21. The number of carbonyl (C=O) groups is 2. The molecule has 0 N–H and O–H groups in total. The first-order valence-electron chi connectivity index (χ1n) is 6.21. The maximum atomic E-state index is 13.7. The van der Waals surface area contributed by atoms with Gasteiger partial charge in [-0.05, 0) is 24.0 Å². The molecule has 1 saturated heterocycles. The van der Waals surface area contributed by atoms with Gasteiger partial charge in [0.05, 0.1) is 7.11 Å². The van der Waals surface area contributed by atoms with Gasteiger partial charge in [0.15, 0.2) is 0 Å². The molecule has 1 aromatic carbocycles. The summed E-state index contributed by atoms with van der Waals surface area (Å²) in [6, 6.07) is 6.51. The van der Waals surface area contributed by atoms with Gasteiger partial charge in [0.1, 0.15) is 12.4 Å². The molecular formula is C14H16FNO3. The molecule has 2 rings (SSSR count). The lowest BCUT2D eigenvalue weighted by Crippen LogP contribution is -2.41. The lowest BCUT2D eigenvalue weighted by molar-refractivity contribution is -0.148. The molecule has 4 nitrogen and oxygen atoms in total. The Morgan fingerprint density at radius 1 is 1.47 bits per heavy atom. The molecule has 102 valence electrons. The number of rotatable bonds is 3. The zero-order valence-electron chi connectivity index (χ0n) is 10.8. The van der Waals surface area contributed by atoms with Crippen LogP contribution in [0.5, 0.6) is 0 Å². The average Bonchev–Trinajstić information content (AvgIpc) is 2.41. The minimum absolute atomic E-state index is 0.0284. The van der Waals surface area contributed by atoms with Crippen LogP contribution in [0, 0.1) is 5.82 Å². The van der Waals surface area contributed by atoms with Crippen molar-refractivity contribution in [3.8, 4) is 0 Å². The minimum atomic E-state index is -0.433. The fourth-order valence-electron chi connectivity index (χ4n) is 2.34. The highest BCUT2D eigenvalue weighted by molar-refractivity contribution is 5.83. The van der Waals surface area contributed by atoms with Crippen molar-refractivity contribution in [2.75, 3.05) is 20.2 Å². The van der Waals surface area contributed by atoms with E-state index >= 15 is 0 Å². The maximum absolute atomic E-state index is 13.7. The number of nitrogens with zero attached hydrogens (tertiary/aromatic N) is 1. The second-order valence-electron chi connectivity index (χ2n) is 4.60. The number of methoxy groups -OCH3 is 1.